The summed E-state index contributed by atoms with van der Waals surface area (Å²) in [5, 5.41) is 1.13. The number of aromatic nitrogens is 1. The summed E-state index contributed by atoms with van der Waals surface area (Å²) in [7, 11) is 0. The van der Waals surface area contributed by atoms with E-state index >= 15 is 0 Å². The lowest BCUT2D eigenvalue weighted by molar-refractivity contribution is -0.144. The third-order valence-electron chi connectivity index (χ3n) is 3.90. The van der Waals surface area contributed by atoms with Crippen molar-refractivity contribution in [3.63, 3.8) is 0 Å². The van der Waals surface area contributed by atoms with E-state index in [1.54, 1.807) is 6.20 Å². The Morgan fingerprint density at radius 1 is 0.920 bits per heavy atom. The number of aryl methyl sites for hydroxylation is 1. The Morgan fingerprint density at radius 2 is 1.76 bits per heavy atom. The molecule has 128 valence electrons. The van der Waals surface area contributed by atoms with Crippen LogP contribution in [-0.4, -0.2) is 24.2 Å². The second-order valence-corrected chi connectivity index (χ2v) is 5.73. The predicted octanol–water partition coefficient (Wildman–Crippen LogP) is 4.18. The van der Waals surface area contributed by atoms with E-state index in [1.165, 1.54) is 5.56 Å². The second kappa shape index (κ2) is 8.83. The van der Waals surface area contributed by atoms with Crippen molar-refractivity contribution in [3.8, 4) is 5.75 Å². The van der Waals surface area contributed by atoms with Crippen molar-refractivity contribution >= 4 is 16.9 Å². The summed E-state index contributed by atoms with van der Waals surface area (Å²) in [6.45, 7) is 0.631. The molecule has 0 atom stereocenters. The van der Waals surface area contributed by atoms with E-state index in [0.717, 1.165) is 29.5 Å². The van der Waals surface area contributed by atoms with Crippen LogP contribution >= 0.6 is 0 Å². The number of esters is 1. The maximum atomic E-state index is 11.8. The van der Waals surface area contributed by atoms with Gasteiger partial charge in [-0.25, -0.2) is 0 Å². The summed E-state index contributed by atoms with van der Waals surface area (Å²) < 4.78 is 10.7. The minimum absolute atomic E-state index is 0.190. The summed E-state index contributed by atoms with van der Waals surface area (Å²) in [5.41, 5.74) is 2.17. The van der Waals surface area contributed by atoms with Crippen LogP contribution in [0.25, 0.3) is 10.9 Å². The van der Waals surface area contributed by atoms with E-state index in [9.17, 15) is 4.79 Å². The summed E-state index contributed by atoms with van der Waals surface area (Å²) >= 11 is 0. The molecule has 0 spiro atoms. The molecule has 0 N–H and O–H groups in total. The number of hydrogen-bond acceptors (Lipinski definition) is 4. The molecule has 4 nitrogen and oxygen atoms in total. The second-order valence-electron chi connectivity index (χ2n) is 5.73. The van der Waals surface area contributed by atoms with Gasteiger partial charge in [0.05, 0.1) is 5.52 Å². The van der Waals surface area contributed by atoms with Crippen molar-refractivity contribution in [1.29, 1.82) is 0 Å². The van der Waals surface area contributed by atoms with E-state index in [-0.39, 0.29) is 12.6 Å². The van der Waals surface area contributed by atoms with Crippen LogP contribution in [0.1, 0.15) is 18.4 Å². The summed E-state index contributed by atoms with van der Waals surface area (Å²) in [5.74, 6) is 0.590. The van der Waals surface area contributed by atoms with Gasteiger partial charge in [0.15, 0.2) is 0 Å². The quantitative estimate of drug-likeness (QED) is 0.458. The molecule has 25 heavy (non-hydrogen) atoms. The van der Waals surface area contributed by atoms with E-state index in [4.69, 9.17) is 9.47 Å². The average Bonchev–Trinajstić information content (AvgIpc) is 2.66. The summed E-state index contributed by atoms with van der Waals surface area (Å²) in [4.78, 5) is 16.3. The van der Waals surface area contributed by atoms with Crippen LogP contribution in [0, 0.1) is 0 Å². The minimum Gasteiger partial charge on any atom is -0.490 e. The molecule has 0 unspecified atom stereocenters. The van der Waals surface area contributed by atoms with Gasteiger partial charge in [0.2, 0.25) is 0 Å². The average molecular weight is 335 g/mol. The van der Waals surface area contributed by atoms with E-state index in [0.29, 0.717) is 13.0 Å². The fourth-order valence-electron chi connectivity index (χ4n) is 2.70. The maximum absolute atomic E-state index is 11.8. The lowest BCUT2D eigenvalue weighted by Crippen LogP contribution is -2.12. The molecule has 0 aliphatic carbocycles. The zero-order valence-corrected chi connectivity index (χ0v) is 14.1. The van der Waals surface area contributed by atoms with Crippen LogP contribution < -0.4 is 4.74 Å². The van der Waals surface area contributed by atoms with Crippen LogP contribution in [0.15, 0.2) is 66.9 Å². The summed E-state index contributed by atoms with van der Waals surface area (Å²) in [6.07, 6.45) is 3.75. The number of carbonyl (C=O) groups excluding carboxylic acids is 1. The molecule has 0 radical (unpaired) electrons. The topological polar surface area (TPSA) is 48.4 Å². The highest BCUT2D eigenvalue weighted by molar-refractivity contribution is 5.81. The first-order valence-electron chi connectivity index (χ1n) is 8.49. The molecule has 0 amide bonds. The van der Waals surface area contributed by atoms with Crippen molar-refractivity contribution in [2.24, 2.45) is 0 Å². The van der Waals surface area contributed by atoms with Gasteiger partial charge in [-0.05, 0) is 36.6 Å². The van der Waals surface area contributed by atoms with E-state index in [2.05, 4.69) is 11.1 Å². The minimum atomic E-state index is -0.190. The largest absolute Gasteiger partial charge is 0.490 e. The standard InChI is InChI=1S/C21H21NO3/c23-20(25-16-15-24-19-11-2-1-3-12-19)13-5-9-17-7-4-8-18-10-6-14-22-21(17)18/h1-4,6-8,10-12,14H,5,9,13,15-16H2. The Morgan fingerprint density at radius 3 is 2.64 bits per heavy atom. The molecule has 0 aliphatic rings. The SMILES string of the molecule is O=C(CCCc1cccc2cccnc12)OCCOc1ccccc1. The zero-order chi connectivity index (χ0) is 17.3. The van der Waals surface area contributed by atoms with E-state index in [1.807, 2.05) is 54.6 Å². The molecule has 1 aromatic heterocycles. The Labute approximate surface area is 147 Å². The lowest BCUT2D eigenvalue weighted by atomic mass is 10.0. The number of para-hydroxylation sites is 2. The first-order chi connectivity index (χ1) is 12.3. The smallest absolute Gasteiger partial charge is 0.305 e. The first-order valence-corrected chi connectivity index (χ1v) is 8.49. The number of carbonyl (C=O) groups is 1. The van der Waals surface area contributed by atoms with Gasteiger partial charge in [-0.15, -0.1) is 0 Å². The van der Waals surface area contributed by atoms with Crippen molar-refractivity contribution in [3.05, 3.63) is 72.4 Å². The van der Waals surface area contributed by atoms with Gasteiger partial charge in [0.25, 0.3) is 0 Å². The van der Waals surface area contributed by atoms with Gasteiger partial charge in [-0.2, -0.15) is 0 Å². The number of pyridine rings is 1. The highest BCUT2D eigenvalue weighted by Crippen LogP contribution is 2.18. The Hall–Kier alpha value is -2.88. The van der Waals surface area contributed by atoms with Crippen molar-refractivity contribution in [2.45, 2.75) is 19.3 Å². The third-order valence-corrected chi connectivity index (χ3v) is 3.90. The van der Waals surface area contributed by atoms with Crippen LogP contribution in [0.4, 0.5) is 0 Å². The first kappa shape index (κ1) is 17.0. The van der Waals surface area contributed by atoms with E-state index < -0.39 is 0 Å². The molecule has 1 heterocycles. The molecule has 0 saturated heterocycles. The van der Waals surface area contributed by atoms with Gasteiger partial charge in [-0.1, -0.05) is 42.5 Å². The van der Waals surface area contributed by atoms with Gasteiger partial charge >= 0.3 is 5.97 Å². The fourth-order valence-corrected chi connectivity index (χ4v) is 2.70. The molecule has 0 bridgehead atoms. The molecule has 2 aromatic carbocycles. The fraction of sp³-hybridized carbons (Fsp3) is 0.238. The normalized spacial score (nSPS) is 10.6. The number of fused-ring (bicyclic) bond motifs is 1. The lowest BCUT2D eigenvalue weighted by Gasteiger charge is -2.08. The highest BCUT2D eigenvalue weighted by Gasteiger charge is 2.06. The molecular formula is C21H21NO3. The third kappa shape index (κ3) is 5.05. The number of ether oxygens (including phenoxy) is 2. The van der Waals surface area contributed by atoms with Gasteiger partial charge in [0, 0.05) is 18.0 Å². The number of rotatable bonds is 8. The Kier molecular flexibility index (Phi) is 5.99. The monoisotopic (exact) mass is 335 g/mol. The molecular weight excluding hydrogens is 314 g/mol. The van der Waals surface area contributed by atoms with Gasteiger partial charge < -0.3 is 9.47 Å². The van der Waals surface area contributed by atoms with Crippen LogP contribution in [0.5, 0.6) is 5.75 Å². The van der Waals surface area contributed by atoms with Gasteiger partial charge in [0.1, 0.15) is 19.0 Å². The highest BCUT2D eigenvalue weighted by atomic mass is 16.6. The molecule has 0 saturated carbocycles. The predicted molar refractivity (Wildman–Crippen MR) is 97.6 cm³/mol. The number of benzene rings is 2. The van der Waals surface area contributed by atoms with Crippen LogP contribution in [0.2, 0.25) is 0 Å². The van der Waals surface area contributed by atoms with Crippen LogP contribution in [-0.2, 0) is 16.0 Å². The zero-order valence-electron chi connectivity index (χ0n) is 14.1. The Bertz CT molecular complexity index is 812. The van der Waals surface area contributed by atoms with Crippen molar-refractivity contribution in [1.82, 2.24) is 4.98 Å². The summed E-state index contributed by atoms with van der Waals surface area (Å²) in [6, 6.07) is 19.6. The molecule has 0 aliphatic heterocycles. The van der Waals surface area contributed by atoms with Crippen molar-refractivity contribution < 1.29 is 14.3 Å². The Balaban J connectivity index is 1.38. The maximum Gasteiger partial charge on any atom is 0.305 e. The molecule has 3 aromatic rings. The van der Waals surface area contributed by atoms with Crippen molar-refractivity contribution in [2.75, 3.05) is 13.2 Å². The molecule has 0 fully saturated rings. The van der Waals surface area contributed by atoms with Gasteiger partial charge in [-0.3, -0.25) is 9.78 Å². The molecule has 4 heteroatoms. The molecule has 3 rings (SSSR count). The number of nitrogens with zero attached hydrogens (tertiary/aromatic N) is 1. The van der Waals surface area contributed by atoms with Crippen LogP contribution in [0.3, 0.4) is 0 Å². The number of hydrogen-bond donors (Lipinski definition) is 0.